The Morgan fingerprint density at radius 3 is 2.92 bits per heavy atom. The molecule has 0 amide bonds. The minimum Gasteiger partial charge on any atom is -0.466 e. The predicted molar refractivity (Wildman–Crippen MR) is 54.3 cm³/mol. The van der Waals surface area contributed by atoms with Crippen molar-refractivity contribution >= 4 is 0 Å². The van der Waals surface area contributed by atoms with E-state index in [9.17, 15) is 0 Å². The lowest BCUT2D eigenvalue weighted by atomic mass is 10.0. The normalized spacial score (nSPS) is 12.0. The summed E-state index contributed by atoms with van der Waals surface area (Å²) in [5.41, 5.74) is 0. The van der Waals surface area contributed by atoms with Gasteiger partial charge >= 0.3 is 0 Å². The van der Waals surface area contributed by atoms with Crippen molar-refractivity contribution in [3.63, 3.8) is 0 Å². The molecular weight excluding hydrogens is 160 g/mol. The molecule has 0 N–H and O–H groups in total. The highest BCUT2D eigenvalue weighted by atomic mass is 16.3. The molecule has 13 heavy (non-hydrogen) atoms. The van der Waals surface area contributed by atoms with Gasteiger partial charge in [0.2, 0.25) is 0 Å². The first-order valence-electron chi connectivity index (χ1n) is 4.40. The quantitative estimate of drug-likeness (QED) is 0.505. The second-order valence-electron chi connectivity index (χ2n) is 3.06. The van der Waals surface area contributed by atoms with Crippen LogP contribution >= 0.6 is 0 Å². The molecule has 0 saturated heterocycles. The van der Waals surface area contributed by atoms with Gasteiger partial charge in [-0.1, -0.05) is 12.0 Å². The van der Waals surface area contributed by atoms with Gasteiger partial charge in [-0.05, 0) is 25.5 Å². The highest BCUT2D eigenvalue weighted by Crippen LogP contribution is 2.12. The monoisotopic (exact) mass is 174 g/mol. The van der Waals surface area contributed by atoms with Crippen molar-refractivity contribution < 1.29 is 4.42 Å². The number of terminal acetylenes is 1. The van der Waals surface area contributed by atoms with Crippen LogP contribution in [0.2, 0.25) is 0 Å². The van der Waals surface area contributed by atoms with Crippen LogP contribution in [0.25, 0.3) is 0 Å². The zero-order valence-corrected chi connectivity index (χ0v) is 7.92. The molecule has 1 heteroatoms. The molecule has 1 nitrogen and oxygen atoms in total. The van der Waals surface area contributed by atoms with E-state index in [-0.39, 0.29) is 5.92 Å². The average molecular weight is 174 g/mol. The van der Waals surface area contributed by atoms with Crippen LogP contribution < -0.4 is 0 Å². The third-order valence-corrected chi connectivity index (χ3v) is 2.00. The van der Waals surface area contributed by atoms with Crippen molar-refractivity contribution in [2.75, 3.05) is 0 Å². The summed E-state index contributed by atoms with van der Waals surface area (Å²) in [6.45, 7) is 5.62. The van der Waals surface area contributed by atoms with Crippen molar-refractivity contribution in [2.45, 2.75) is 19.8 Å². The lowest BCUT2D eigenvalue weighted by molar-refractivity contribution is 0.472. The van der Waals surface area contributed by atoms with Crippen molar-refractivity contribution in [3.05, 3.63) is 36.3 Å². The molecule has 1 rings (SSSR count). The zero-order chi connectivity index (χ0) is 9.68. The summed E-state index contributed by atoms with van der Waals surface area (Å²) in [5.74, 6) is 4.78. The molecule has 1 aromatic heterocycles. The number of allylic oxidation sites excluding steroid dienone is 1. The lowest BCUT2D eigenvalue weighted by Gasteiger charge is -2.01. The van der Waals surface area contributed by atoms with Crippen molar-refractivity contribution in [2.24, 2.45) is 5.92 Å². The maximum absolute atomic E-state index is 5.42. The van der Waals surface area contributed by atoms with Crippen LogP contribution in [0, 0.1) is 25.2 Å². The van der Waals surface area contributed by atoms with Crippen LogP contribution in [0.1, 0.15) is 17.9 Å². The Labute approximate surface area is 79.5 Å². The van der Waals surface area contributed by atoms with E-state index >= 15 is 0 Å². The zero-order valence-electron chi connectivity index (χ0n) is 7.92. The van der Waals surface area contributed by atoms with Gasteiger partial charge in [0.1, 0.15) is 11.5 Å². The van der Waals surface area contributed by atoms with E-state index in [0.29, 0.717) is 0 Å². The lowest BCUT2D eigenvalue weighted by Crippen LogP contribution is -1.94. The van der Waals surface area contributed by atoms with Crippen molar-refractivity contribution in [1.29, 1.82) is 0 Å². The van der Waals surface area contributed by atoms with Crippen LogP contribution in [0.15, 0.2) is 29.2 Å². The van der Waals surface area contributed by atoms with E-state index in [1.54, 1.807) is 6.08 Å². The van der Waals surface area contributed by atoms with Gasteiger partial charge in [-0.25, -0.2) is 0 Å². The largest absolute Gasteiger partial charge is 0.466 e. The van der Waals surface area contributed by atoms with Gasteiger partial charge in [0.05, 0.1) is 0 Å². The summed E-state index contributed by atoms with van der Waals surface area (Å²) >= 11 is 0. The molecule has 0 radical (unpaired) electrons. The Hall–Kier alpha value is -1.42. The molecule has 1 unspecified atom stereocenters. The first-order valence-corrected chi connectivity index (χ1v) is 4.40. The van der Waals surface area contributed by atoms with Gasteiger partial charge < -0.3 is 4.42 Å². The molecule has 0 aromatic carbocycles. The first-order chi connectivity index (χ1) is 6.26. The van der Waals surface area contributed by atoms with Gasteiger partial charge in [-0.2, -0.15) is 0 Å². The fourth-order valence-electron chi connectivity index (χ4n) is 1.19. The van der Waals surface area contributed by atoms with E-state index in [1.165, 1.54) is 0 Å². The molecule has 68 valence electrons. The van der Waals surface area contributed by atoms with E-state index in [4.69, 9.17) is 10.8 Å². The number of hydrogen-bond acceptors (Lipinski definition) is 1. The van der Waals surface area contributed by atoms with E-state index < -0.39 is 0 Å². The van der Waals surface area contributed by atoms with Gasteiger partial charge in [0.15, 0.2) is 0 Å². The summed E-state index contributed by atoms with van der Waals surface area (Å²) in [7, 11) is 0. The first kappa shape index (κ1) is 9.67. The Kier molecular flexibility index (Phi) is 3.40. The molecule has 1 aromatic rings. The Morgan fingerprint density at radius 1 is 1.69 bits per heavy atom. The number of furan rings is 1. The summed E-state index contributed by atoms with van der Waals surface area (Å²) in [5, 5.41) is 0. The molecule has 1 atom stereocenters. The minimum absolute atomic E-state index is 0.158. The SMILES string of the molecule is C#CC(C=C)CCc1ccc(C)o1. The maximum Gasteiger partial charge on any atom is 0.104 e. The number of aryl methyl sites for hydroxylation is 2. The molecule has 1 heterocycles. The third kappa shape index (κ3) is 2.83. The second-order valence-corrected chi connectivity index (χ2v) is 3.06. The predicted octanol–water partition coefficient (Wildman–Crippen LogP) is 2.96. The Morgan fingerprint density at radius 2 is 2.46 bits per heavy atom. The van der Waals surface area contributed by atoms with Crippen molar-refractivity contribution in [3.8, 4) is 12.3 Å². The highest BCUT2D eigenvalue weighted by Gasteiger charge is 2.02. The van der Waals surface area contributed by atoms with Crippen LogP contribution in [0.4, 0.5) is 0 Å². The Bertz CT molecular complexity index is 314. The summed E-state index contributed by atoms with van der Waals surface area (Å²) < 4.78 is 5.42. The fraction of sp³-hybridized carbons (Fsp3) is 0.333. The van der Waals surface area contributed by atoms with Crippen LogP contribution in [-0.4, -0.2) is 0 Å². The molecule has 0 bridgehead atoms. The van der Waals surface area contributed by atoms with Gasteiger partial charge in [0, 0.05) is 12.3 Å². The summed E-state index contributed by atoms with van der Waals surface area (Å²) in [4.78, 5) is 0. The maximum atomic E-state index is 5.42. The van der Waals surface area contributed by atoms with Gasteiger partial charge in [-0.15, -0.1) is 13.0 Å². The molecule has 0 aliphatic rings. The van der Waals surface area contributed by atoms with E-state index in [2.05, 4.69) is 12.5 Å². The van der Waals surface area contributed by atoms with Gasteiger partial charge in [0.25, 0.3) is 0 Å². The minimum atomic E-state index is 0.158. The smallest absolute Gasteiger partial charge is 0.104 e. The third-order valence-electron chi connectivity index (χ3n) is 2.00. The molecule has 0 saturated carbocycles. The standard InChI is InChI=1S/C12H14O/c1-4-11(5-2)7-9-12-8-6-10(3)13-12/h1,5-6,8,11H,2,7,9H2,3H3. The second kappa shape index (κ2) is 4.57. The van der Waals surface area contributed by atoms with Crippen LogP contribution in [0.5, 0.6) is 0 Å². The van der Waals surface area contributed by atoms with Crippen molar-refractivity contribution in [1.82, 2.24) is 0 Å². The van der Waals surface area contributed by atoms with Gasteiger partial charge in [-0.3, -0.25) is 0 Å². The molecule has 0 aliphatic carbocycles. The molecule has 0 aliphatic heterocycles. The fourth-order valence-corrected chi connectivity index (χ4v) is 1.19. The highest BCUT2D eigenvalue weighted by molar-refractivity contribution is 5.08. The summed E-state index contributed by atoms with van der Waals surface area (Å²) in [6.07, 6.45) is 8.90. The summed E-state index contributed by atoms with van der Waals surface area (Å²) in [6, 6.07) is 3.96. The Balaban J connectivity index is 2.43. The van der Waals surface area contributed by atoms with Crippen LogP contribution in [0.3, 0.4) is 0 Å². The number of rotatable bonds is 4. The molecule has 0 spiro atoms. The van der Waals surface area contributed by atoms with Crippen LogP contribution in [-0.2, 0) is 6.42 Å². The topological polar surface area (TPSA) is 13.1 Å². The number of hydrogen-bond donors (Lipinski definition) is 0. The molecule has 0 fully saturated rings. The van der Waals surface area contributed by atoms with E-state index in [1.807, 2.05) is 19.1 Å². The van der Waals surface area contributed by atoms with E-state index in [0.717, 1.165) is 24.4 Å². The average Bonchev–Trinajstić information content (AvgIpc) is 2.53. The molecular formula is C12H14O.